The van der Waals surface area contributed by atoms with E-state index in [1.54, 1.807) is 72.2 Å². The zero-order valence-corrected chi connectivity index (χ0v) is 45.1. The third-order valence-electron chi connectivity index (χ3n) is 15.0. The number of carbonyl (C=O) groups is 7. The molecule has 4 heterocycles. The maximum atomic E-state index is 14.4. The third kappa shape index (κ3) is 12.2. The van der Waals surface area contributed by atoms with E-state index >= 15 is 0 Å². The number of fused-ring (bicyclic) bond motifs is 4. The summed E-state index contributed by atoms with van der Waals surface area (Å²) in [5.74, 6) is -2.38. The van der Waals surface area contributed by atoms with Gasteiger partial charge in [0.2, 0.25) is 23.6 Å². The Hall–Kier alpha value is -8.44. The predicted octanol–water partition coefficient (Wildman–Crippen LogP) is 4.50. The molecule has 2 fully saturated rings. The smallest absolute Gasteiger partial charge is 0.416 e. The number of hydrogen-bond acceptors (Lipinski definition) is 15. The lowest BCUT2D eigenvalue weighted by atomic mass is 10.0. The molecule has 23 heteroatoms. The summed E-state index contributed by atoms with van der Waals surface area (Å²) in [5, 5.41) is 25.7. The fourth-order valence-electron chi connectivity index (χ4n) is 10.4. The second kappa shape index (κ2) is 23.9. The predicted molar refractivity (Wildman–Crippen MR) is 290 cm³/mol. The number of carbonyl (C=O) groups excluding carboxylic acids is 7. The summed E-state index contributed by atoms with van der Waals surface area (Å²) in [7, 11) is 2.92. The molecule has 1 saturated carbocycles. The molecule has 8 N–H and O–H groups in total. The number of hydrogen-bond donors (Lipinski definition) is 7. The summed E-state index contributed by atoms with van der Waals surface area (Å²) in [4.78, 5) is 97.1. The number of anilines is 3. The Kier molecular flexibility index (Phi) is 16.8. The second-order valence-electron chi connectivity index (χ2n) is 21.0. The minimum Gasteiger partial charge on any atom is -0.493 e. The molecule has 424 valence electrons. The number of aliphatic hydroxyl groups is 1. The standard InChI is InChI=1S/C57H66FN9O13/c1-31(2)50(64-49(69)27-61-48(68)25-59)52(71)62-32(3)51(70)63-37-13-7-33(8-14-37)29-80-56(75)67-42-23-47(45(77-5)21-40(42)54(73)66-30-57(15-16-57)24-43(66)55(67)74)79-18-6-17-78-46-22-41-39(20-44(46)76-4)53(72)65-28-35(19-38(65)26-60-41)34-9-11-36(58)12-10-34/h7-14,20-23,28,31-32,38,43,50,55,60,74H,6,15-19,24-27,29-30,59H2,1-5H3,(H,61,68)(H,62,71)(H,63,70)(H,64,69)/t32-,38-,43-,50-,55?/m0/s1. The molecule has 7 amide bonds. The van der Waals surface area contributed by atoms with Crippen molar-refractivity contribution in [2.24, 2.45) is 17.1 Å². The monoisotopic (exact) mass is 1100 g/mol. The van der Waals surface area contributed by atoms with Crippen LogP contribution in [-0.2, 0) is 30.5 Å². The van der Waals surface area contributed by atoms with E-state index in [0.717, 1.165) is 28.9 Å². The van der Waals surface area contributed by atoms with Crippen LogP contribution in [0.5, 0.6) is 23.0 Å². The highest BCUT2D eigenvalue weighted by atomic mass is 19.1. The number of amides is 7. The van der Waals surface area contributed by atoms with Gasteiger partial charge in [-0.2, -0.15) is 0 Å². The zero-order chi connectivity index (χ0) is 57.0. The molecule has 1 saturated heterocycles. The van der Waals surface area contributed by atoms with Gasteiger partial charge in [0.05, 0.1) is 75.1 Å². The van der Waals surface area contributed by atoms with Crippen LogP contribution in [0.3, 0.4) is 0 Å². The van der Waals surface area contributed by atoms with Gasteiger partial charge in [0.15, 0.2) is 29.2 Å². The van der Waals surface area contributed by atoms with E-state index < -0.39 is 54.1 Å². The zero-order valence-electron chi connectivity index (χ0n) is 45.1. The highest BCUT2D eigenvalue weighted by Crippen LogP contribution is 2.57. The van der Waals surface area contributed by atoms with Crippen LogP contribution in [0.1, 0.15) is 84.7 Å². The van der Waals surface area contributed by atoms with Gasteiger partial charge < -0.3 is 70.9 Å². The van der Waals surface area contributed by atoms with Gasteiger partial charge in [-0.15, -0.1) is 0 Å². The van der Waals surface area contributed by atoms with Crippen LogP contribution in [0.15, 0.2) is 79.0 Å². The van der Waals surface area contributed by atoms with Gasteiger partial charge in [0, 0.05) is 43.5 Å². The lowest BCUT2D eigenvalue weighted by Gasteiger charge is -2.31. The lowest BCUT2D eigenvalue weighted by Crippen LogP contribution is -2.55. The molecule has 22 nitrogen and oxygen atoms in total. The maximum Gasteiger partial charge on any atom is 0.416 e. The summed E-state index contributed by atoms with van der Waals surface area (Å²) < 4.78 is 43.3. The average Bonchev–Trinajstić information content (AvgIpc) is 4.19. The van der Waals surface area contributed by atoms with E-state index in [4.69, 9.17) is 29.4 Å². The number of ether oxygens (including phenoxy) is 5. The summed E-state index contributed by atoms with van der Waals surface area (Å²) >= 11 is 0. The Morgan fingerprint density at radius 3 is 2.16 bits per heavy atom. The van der Waals surface area contributed by atoms with E-state index in [-0.39, 0.29) is 90.7 Å². The van der Waals surface area contributed by atoms with E-state index in [9.17, 15) is 43.1 Å². The molecule has 4 aromatic rings. The molecule has 4 aliphatic heterocycles. The van der Waals surface area contributed by atoms with Gasteiger partial charge in [-0.25, -0.2) is 14.1 Å². The number of rotatable bonds is 20. The molecule has 0 bridgehead atoms. The topological polar surface area (TPSA) is 282 Å². The van der Waals surface area contributed by atoms with Gasteiger partial charge in [-0.05, 0) is 97.0 Å². The van der Waals surface area contributed by atoms with Gasteiger partial charge in [-0.1, -0.05) is 38.1 Å². The van der Waals surface area contributed by atoms with Crippen LogP contribution in [-0.4, -0.2) is 140 Å². The van der Waals surface area contributed by atoms with Crippen LogP contribution in [0.2, 0.25) is 0 Å². The van der Waals surface area contributed by atoms with E-state index in [1.807, 2.05) is 6.20 Å². The van der Waals surface area contributed by atoms with Crippen molar-refractivity contribution in [2.75, 3.05) is 69.1 Å². The third-order valence-corrected chi connectivity index (χ3v) is 15.0. The van der Waals surface area contributed by atoms with Crippen molar-refractivity contribution in [3.05, 3.63) is 107 Å². The number of nitrogens with zero attached hydrogens (tertiary/aromatic N) is 3. The molecule has 4 aromatic carbocycles. The fraction of sp³-hybridized carbons (Fsp3) is 0.421. The first-order valence-corrected chi connectivity index (χ1v) is 26.5. The molecule has 1 aliphatic carbocycles. The number of methoxy groups -OCH3 is 2. The van der Waals surface area contributed by atoms with Gasteiger partial charge in [0.25, 0.3) is 11.8 Å². The molecule has 0 radical (unpaired) electrons. The highest BCUT2D eigenvalue weighted by Gasteiger charge is 2.58. The first-order valence-electron chi connectivity index (χ1n) is 26.5. The number of halogens is 1. The second-order valence-corrected chi connectivity index (χ2v) is 21.0. The molecule has 5 atom stereocenters. The first kappa shape index (κ1) is 56.3. The van der Waals surface area contributed by atoms with Gasteiger partial charge in [0.1, 0.15) is 24.5 Å². The SMILES string of the molecule is COc1cc2c(cc1OCCCOc1cc3c(cc1OC)C(=O)N1CC4(CC4)C[C@H]1C(O)N3C(=O)OCc1ccc(NC(=O)[C@H](C)NC(=O)[C@@H](NC(=O)CNC(=O)CN)C(C)C)cc1)NC[C@@H]1CC(c3ccc(F)cc3)=CN1C2=O. The Balaban J connectivity index is 0.830. The molecule has 0 aromatic heterocycles. The van der Waals surface area contributed by atoms with Crippen molar-refractivity contribution in [1.82, 2.24) is 25.8 Å². The summed E-state index contributed by atoms with van der Waals surface area (Å²) in [6.07, 6.45) is 2.65. The van der Waals surface area contributed by atoms with Crippen LogP contribution >= 0.6 is 0 Å². The lowest BCUT2D eigenvalue weighted by molar-refractivity contribution is -0.132. The molecule has 9 rings (SSSR count). The Morgan fingerprint density at radius 1 is 0.838 bits per heavy atom. The summed E-state index contributed by atoms with van der Waals surface area (Å²) in [6, 6.07) is 16.1. The van der Waals surface area contributed by atoms with Crippen molar-refractivity contribution >= 4 is 64.2 Å². The average molecular weight is 1100 g/mol. The van der Waals surface area contributed by atoms with Crippen molar-refractivity contribution < 1.29 is 66.7 Å². The van der Waals surface area contributed by atoms with Crippen LogP contribution < -0.4 is 56.2 Å². The van der Waals surface area contributed by atoms with E-state index in [0.29, 0.717) is 66.4 Å². The number of benzene rings is 4. The van der Waals surface area contributed by atoms with Crippen LogP contribution in [0, 0.1) is 17.2 Å². The molecular formula is C57H66FN9O13. The summed E-state index contributed by atoms with van der Waals surface area (Å²) in [6.45, 7) is 5.15. The summed E-state index contributed by atoms with van der Waals surface area (Å²) in [5.41, 5.74) is 8.99. The highest BCUT2D eigenvalue weighted by molar-refractivity contribution is 6.06. The number of nitrogens with two attached hydrogens (primary N) is 1. The van der Waals surface area contributed by atoms with Gasteiger partial charge >= 0.3 is 6.09 Å². The molecular weight excluding hydrogens is 1040 g/mol. The fourth-order valence-corrected chi connectivity index (χ4v) is 10.4. The van der Waals surface area contributed by atoms with Crippen LogP contribution in [0.4, 0.5) is 26.2 Å². The molecule has 80 heavy (non-hydrogen) atoms. The number of aliphatic hydroxyl groups excluding tert-OH is 1. The maximum absolute atomic E-state index is 14.4. The van der Waals surface area contributed by atoms with Crippen molar-refractivity contribution in [2.45, 2.75) is 89.9 Å². The Bertz CT molecular complexity index is 3080. The molecule has 1 spiro atoms. The quantitative estimate of drug-likeness (QED) is 0.0600. The van der Waals surface area contributed by atoms with Crippen LogP contribution in [0.25, 0.3) is 5.57 Å². The Labute approximate surface area is 461 Å². The van der Waals surface area contributed by atoms with Crippen molar-refractivity contribution in [3.8, 4) is 23.0 Å². The van der Waals surface area contributed by atoms with E-state index in [2.05, 4.69) is 26.6 Å². The Morgan fingerprint density at radius 2 is 1.51 bits per heavy atom. The molecule has 5 aliphatic rings. The van der Waals surface area contributed by atoms with E-state index in [1.165, 1.54) is 45.4 Å². The largest absolute Gasteiger partial charge is 0.493 e. The number of nitrogens with one attached hydrogen (secondary N) is 5. The normalized spacial score (nSPS) is 19.1. The van der Waals surface area contributed by atoms with Crippen molar-refractivity contribution in [1.29, 1.82) is 0 Å². The minimum atomic E-state index is -1.48. The van der Waals surface area contributed by atoms with Crippen molar-refractivity contribution in [3.63, 3.8) is 0 Å². The molecule has 1 unspecified atom stereocenters. The minimum absolute atomic E-state index is 0.0653. The van der Waals surface area contributed by atoms with Gasteiger partial charge in [-0.3, -0.25) is 28.8 Å². The first-order chi connectivity index (χ1) is 38.4.